The first-order valence-electron chi connectivity index (χ1n) is 4.19. The predicted octanol–water partition coefficient (Wildman–Crippen LogP) is 1.25. The fourth-order valence-corrected chi connectivity index (χ4v) is 1.11. The molecule has 0 aromatic carbocycles. The molecular weight excluding hydrogens is 150 g/mol. The molecule has 0 aliphatic rings. The van der Waals surface area contributed by atoms with Crippen molar-refractivity contribution in [1.82, 2.24) is 9.80 Å². The van der Waals surface area contributed by atoms with Gasteiger partial charge in [-0.2, -0.15) is 5.26 Å². The zero-order chi connectivity index (χ0) is 9.56. The molecule has 0 aliphatic heterocycles. The first-order chi connectivity index (χ1) is 5.67. The van der Waals surface area contributed by atoms with E-state index in [0.29, 0.717) is 0 Å². The molecular formula is C9H17N3. The number of hydrogen-bond acceptors (Lipinski definition) is 3. The Labute approximate surface area is 74.9 Å². The van der Waals surface area contributed by atoms with Crippen molar-refractivity contribution >= 4 is 0 Å². The van der Waals surface area contributed by atoms with E-state index in [-0.39, 0.29) is 0 Å². The van der Waals surface area contributed by atoms with Gasteiger partial charge in [0.1, 0.15) is 5.82 Å². The second kappa shape index (κ2) is 5.48. The molecule has 0 amide bonds. The zero-order valence-electron chi connectivity index (χ0n) is 8.33. The summed E-state index contributed by atoms with van der Waals surface area (Å²) < 4.78 is 0. The van der Waals surface area contributed by atoms with Crippen molar-refractivity contribution in [3.05, 3.63) is 11.9 Å². The Kier molecular flexibility index (Phi) is 4.94. The normalized spacial score (nSPS) is 10.8. The van der Waals surface area contributed by atoms with Gasteiger partial charge in [-0.25, -0.2) is 0 Å². The number of hydrogen-bond donors (Lipinski definition) is 0. The van der Waals surface area contributed by atoms with Crippen LogP contribution in [-0.4, -0.2) is 37.0 Å². The molecule has 3 nitrogen and oxygen atoms in total. The second-order valence-corrected chi connectivity index (χ2v) is 2.70. The van der Waals surface area contributed by atoms with E-state index in [4.69, 9.17) is 5.26 Å². The Hall–Kier alpha value is -1.17. The van der Waals surface area contributed by atoms with Gasteiger partial charge in [0.05, 0.1) is 12.1 Å². The van der Waals surface area contributed by atoms with Gasteiger partial charge in [0.2, 0.25) is 0 Å². The SMILES string of the molecule is CCN(CC)/C(=C/C#N)N(C)C. The summed E-state index contributed by atoms with van der Waals surface area (Å²) in [6, 6.07) is 2.05. The lowest BCUT2D eigenvalue weighted by Gasteiger charge is -2.28. The standard InChI is InChI=1S/C9H17N3/c1-5-12(6-2)9(7-8-10)11(3)4/h7H,5-6H2,1-4H3/b9-7+. The summed E-state index contributed by atoms with van der Waals surface area (Å²) >= 11 is 0. The fourth-order valence-electron chi connectivity index (χ4n) is 1.11. The van der Waals surface area contributed by atoms with E-state index in [1.54, 1.807) is 6.08 Å². The van der Waals surface area contributed by atoms with Crippen molar-refractivity contribution in [3.8, 4) is 6.07 Å². The molecule has 0 saturated carbocycles. The molecule has 68 valence electrons. The van der Waals surface area contributed by atoms with Gasteiger partial charge < -0.3 is 9.80 Å². The van der Waals surface area contributed by atoms with Gasteiger partial charge in [0, 0.05) is 27.2 Å². The highest BCUT2D eigenvalue weighted by Gasteiger charge is 2.06. The van der Waals surface area contributed by atoms with Gasteiger partial charge in [0.15, 0.2) is 0 Å². The molecule has 0 heterocycles. The maximum Gasteiger partial charge on any atom is 0.114 e. The molecule has 0 aromatic rings. The van der Waals surface area contributed by atoms with Crippen LogP contribution in [0.5, 0.6) is 0 Å². The molecule has 0 saturated heterocycles. The minimum absolute atomic E-state index is 0.933. The van der Waals surface area contributed by atoms with Crippen molar-refractivity contribution in [2.24, 2.45) is 0 Å². The molecule has 0 bridgehead atoms. The van der Waals surface area contributed by atoms with Crippen LogP contribution in [0.15, 0.2) is 11.9 Å². The Morgan fingerprint density at radius 3 is 2.08 bits per heavy atom. The second-order valence-electron chi connectivity index (χ2n) is 2.70. The van der Waals surface area contributed by atoms with Crippen LogP contribution in [0, 0.1) is 11.3 Å². The zero-order valence-corrected chi connectivity index (χ0v) is 8.33. The number of allylic oxidation sites excluding steroid dienone is 1. The first kappa shape index (κ1) is 10.8. The van der Waals surface area contributed by atoms with E-state index in [9.17, 15) is 0 Å². The third kappa shape index (κ3) is 2.83. The van der Waals surface area contributed by atoms with Crippen LogP contribution in [0.4, 0.5) is 0 Å². The summed E-state index contributed by atoms with van der Waals surface area (Å²) in [5, 5.41) is 8.55. The minimum Gasteiger partial charge on any atom is -0.364 e. The molecule has 0 radical (unpaired) electrons. The van der Waals surface area contributed by atoms with Crippen molar-refractivity contribution in [2.75, 3.05) is 27.2 Å². The van der Waals surface area contributed by atoms with E-state index in [2.05, 4.69) is 24.8 Å². The van der Waals surface area contributed by atoms with Crippen molar-refractivity contribution in [3.63, 3.8) is 0 Å². The Morgan fingerprint density at radius 2 is 1.83 bits per heavy atom. The molecule has 0 spiro atoms. The van der Waals surface area contributed by atoms with Crippen LogP contribution >= 0.6 is 0 Å². The lowest BCUT2D eigenvalue weighted by atomic mass is 10.4. The number of rotatable bonds is 4. The quantitative estimate of drug-likeness (QED) is 0.590. The van der Waals surface area contributed by atoms with Crippen LogP contribution in [0.3, 0.4) is 0 Å². The Bertz CT molecular complexity index is 184. The third-order valence-corrected chi connectivity index (χ3v) is 1.74. The van der Waals surface area contributed by atoms with Crippen LogP contribution in [-0.2, 0) is 0 Å². The molecule has 0 aliphatic carbocycles. The van der Waals surface area contributed by atoms with Crippen molar-refractivity contribution < 1.29 is 0 Å². The van der Waals surface area contributed by atoms with E-state index >= 15 is 0 Å². The molecule has 0 atom stereocenters. The largest absolute Gasteiger partial charge is 0.364 e. The molecule has 3 heteroatoms. The molecule has 12 heavy (non-hydrogen) atoms. The third-order valence-electron chi connectivity index (χ3n) is 1.74. The molecule has 0 fully saturated rings. The van der Waals surface area contributed by atoms with E-state index in [1.807, 2.05) is 19.0 Å². The van der Waals surface area contributed by atoms with Gasteiger partial charge in [-0.1, -0.05) is 0 Å². The van der Waals surface area contributed by atoms with Crippen molar-refractivity contribution in [1.29, 1.82) is 5.26 Å². The smallest absolute Gasteiger partial charge is 0.114 e. The minimum atomic E-state index is 0.933. The lowest BCUT2D eigenvalue weighted by Crippen LogP contribution is -2.30. The maximum absolute atomic E-state index is 8.55. The van der Waals surface area contributed by atoms with Gasteiger partial charge in [-0.3, -0.25) is 0 Å². The molecule has 0 N–H and O–H groups in total. The van der Waals surface area contributed by atoms with Crippen LogP contribution in [0.2, 0.25) is 0 Å². The highest BCUT2D eigenvalue weighted by Crippen LogP contribution is 2.05. The van der Waals surface area contributed by atoms with Crippen LogP contribution in [0.1, 0.15) is 13.8 Å². The summed E-state index contributed by atoms with van der Waals surface area (Å²) in [4.78, 5) is 4.10. The summed E-state index contributed by atoms with van der Waals surface area (Å²) in [6.07, 6.45) is 1.58. The van der Waals surface area contributed by atoms with Gasteiger partial charge >= 0.3 is 0 Å². The van der Waals surface area contributed by atoms with Crippen molar-refractivity contribution in [2.45, 2.75) is 13.8 Å². The van der Waals surface area contributed by atoms with Crippen LogP contribution in [0.25, 0.3) is 0 Å². The van der Waals surface area contributed by atoms with Gasteiger partial charge in [-0.15, -0.1) is 0 Å². The summed E-state index contributed by atoms with van der Waals surface area (Å²) in [6.45, 7) is 6.03. The summed E-state index contributed by atoms with van der Waals surface area (Å²) in [7, 11) is 3.89. The molecule has 0 unspecified atom stereocenters. The summed E-state index contributed by atoms with van der Waals surface area (Å²) in [5.74, 6) is 0.975. The number of nitriles is 1. The fraction of sp³-hybridized carbons (Fsp3) is 0.667. The average Bonchev–Trinajstić information content (AvgIpc) is 2.05. The topological polar surface area (TPSA) is 30.3 Å². The first-order valence-corrected chi connectivity index (χ1v) is 4.19. The van der Waals surface area contributed by atoms with E-state index in [0.717, 1.165) is 18.9 Å². The highest BCUT2D eigenvalue weighted by molar-refractivity contribution is 5.10. The molecule has 0 aromatic heterocycles. The Morgan fingerprint density at radius 1 is 1.33 bits per heavy atom. The van der Waals surface area contributed by atoms with E-state index < -0.39 is 0 Å². The monoisotopic (exact) mass is 167 g/mol. The number of nitrogens with zero attached hydrogens (tertiary/aromatic N) is 3. The van der Waals surface area contributed by atoms with Gasteiger partial charge in [-0.05, 0) is 13.8 Å². The van der Waals surface area contributed by atoms with E-state index in [1.165, 1.54) is 0 Å². The maximum atomic E-state index is 8.55. The average molecular weight is 167 g/mol. The lowest BCUT2D eigenvalue weighted by molar-refractivity contribution is 0.278. The Balaban J connectivity index is 4.51. The van der Waals surface area contributed by atoms with Crippen LogP contribution < -0.4 is 0 Å². The molecule has 0 rings (SSSR count). The highest BCUT2D eigenvalue weighted by atomic mass is 15.3. The summed E-state index contributed by atoms with van der Waals surface area (Å²) in [5.41, 5.74) is 0. The predicted molar refractivity (Wildman–Crippen MR) is 50.3 cm³/mol. The van der Waals surface area contributed by atoms with Gasteiger partial charge in [0.25, 0.3) is 0 Å².